The second-order valence-corrected chi connectivity index (χ2v) is 11.5. The van der Waals surface area contributed by atoms with Crippen LogP contribution in [0, 0.1) is 75.6 Å². The lowest BCUT2D eigenvalue weighted by atomic mass is 9.92. The van der Waals surface area contributed by atoms with Crippen molar-refractivity contribution in [3.8, 4) is 17.2 Å². The number of rotatable bonds is 6. The van der Waals surface area contributed by atoms with Gasteiger partial charge in [0.25, 0.3) is 0 Å². The van der Waals surface area contributed by atoms with Gasteiger partial charge in [0, 0.05) is 26.9 Å². The molecular weight excluding hydrogens is 738 g/mol. The predicted molar refractivity (Wildman–Crippen MR) is 165 cm³/mol. The largest absolute Gasteiger partial charge is 0.864 e. The quantitative estimate of drug-likeness (QED) is 0.0557. The minimum Gasteiger partial charge on any atom is -0.489 e. The molecule has 0 amide bonds. The Morgan fingerprint density at radius 2 is 0.925 bits per heavy atom. The predicted octanol–water partition coefficient (Wildman–Crippen LogP) is 11.2. The summed E-state index contributed by atoms with van der Waals surface area (Å²) in [7, 11) is -2.70. The van der Waals surface area contributed by atoms with Crippen LogP contribution in [0.1, 0.15) is 0 Å². The summed E-state index contributed by atoms with van der Waals surface area (Å²) in [6, 6.07) is 8.13. The van der Waals surface area contributed by atoms with E-state index in [1.165, 1.54) is 0 Å². The Balaban J connectivity index is 1.38. The highest BCUT2D eigenvalue weighted by molar-refractivity contribution is 6.40. The van der Waals surface area contributed by atoms with E-state index in [1.54, 1.807) is 0 Å². The summed E-state index contributed by atoms with van der Waals surface area (Å²) in [4.78, 5) is 0. The van der Waals surface area contributed by atoms with Gasteiger partial charge in [0.1, 0.15) is 23.1 Å². The average Bonchev–Trinajstić information content (AvgIpc) is 3.13. The fourth-order valence-electron chi connectivity index (χ4n) is 6.32. The summed E-state index contributed by atoms with van der Waals surface area (Å²) in [5.74, 6) is -28.1. The van der Waals surface area contributed by atoms with Crippen LogP contribution in [-0.4, -0.2) is 7.32 Å². The fraction of sp³-hybridized carbons (Fsp3) is 0. The summed E-state index contributed by atoms with van der Waals surface area (Å²) in [5.41, 5.74) is 0. The second-order valence-electron chi connectivity index (χ2n) is 11.5. The molecule has 8 aromatic rings. The van der Waals surface area contributed by atoms with Crippen LogP contribution in [-0.2, 0) is 0 Å². The van der Waals surface area contributed by atoms with Crippen molar-refractivity contribution in [1.82, 2.24) is 0 Å². The van der Waals surface area contributed by atoms with E-state index in [0.29, 0.717) is 12.1 Å². The normalized spacial score (nSPS) is 11.9. The smallest absolute Gasteiger partial charge is 0.489 e. The first-order valence-electron chi connectivity index (χ1n) is 14.8. The molecular formula is C36H10BF13O3. The molecule has 0 N–H and O–H groups in total. The molecule has 0 atom stereocenters. The third kappa shape index (κ3) is 4.85. The molecule has 17 heteroatoms. The number of hydrogen-bond donors (Lipinski definition) is 0. The summed E-state index contributed by atoms with van der Waals surface area (Å²) in [6.45, 7) is 0. The molecule has 0 saturated heterocycles. The van der Waals surface area contributed by atoms with Gasteiger partial charge < -0.3 is 14.0 Å². The Kier molecular flexibility index (Phi) is 7.67. The summed E-state index contributed by atoms with van der Waals surface area (Å²) < 4.78 is 210. The Hall–Kier alpha value is -6.13. The van der Waals surface area contributed by atoms with Crippen molar-refractivity contribution in [3.05, 3.63) is 136 Å². The lowest BCUT2D eigenvalue weighted by Crippen LogP contribution is -2.37. The van der Waals surface area contributed by atoms with Crippen molar-refractivity contribution in [1.29, 1.82) is 0 Å². The molecule has 0 radical (unpaired) electrons. The van der Waals surface area contributed by atoms with Crippen LogP contribution in [0.5, 0.6) is 17.2 Å². The number of hydrogen-bond acceptors (Lipinski definition) is 3. The fourth-order valence-corrected chi connectivity index (χ4v) is 6.32. The monoisotopic (exact) mass is 748 g/mol. The molecule has 53 heavy (non-hydrogen) atoms. The molecule has 8 aromatic carbocycles. The SMILES string of the molecule is Fc1cc2c(OB(Oc3c(F)c(F)c4c(F)c(F)c5c(F)ccc6ccc3c4c65)Oc3cccc4c(F)c(F)c(F)c(F)c34)ccc(F)c2c(F)c1F. The summed E-state index contributed by atoms with van der Waals surface area (Å²) in [5, 5.41) is -7.89. The van der Waals surface area contributed by atoms with Crippen LogP contribution in [0.15, 0.2) is 60.7 Å². The molecule has 0 bridgehead atoms. The van der Waals surface area contributed by atoms with Crippen molar-refractivity contribution in [2.75, 3.05) is 0 Å². The van der Waals surface area contributed by atoms with Crippen LogP contribution in [0.3, 0.4) is 0 Å². The molecule has 0 aliphatic rings. The topological polar surface area (TPSA) is 27.7 Å². The minimum absolute atomic E-state index is 0.0235. The van der Waals surface area contributed by atoms with E-state index >= 15 is 22.0 Å². The van der Waals surface area contributed by atoms with E-state index in [-0.39, 0.29) is 11.5 Å². The zero-order valence-corrected chi connectivity index (χ0v) is 25.5. The molecule has 0 aliphatic carbocycles. The lowest BCUT2D eigenvalue weighted by molar-refractivity contribution is 0.301. The zero-order valence-electron chi connectivity index (χ0n) is 25.5. The standard InChI is InChI=1S/C36H10BF13O3/c38-15-8-9-18(14-10-17(40)27(42)28(43)21(14)15)51-37(52-19-3-1-2-12-22(19)29(44)34(49)33(48)26(12)41)53-36-13-6-4-11-5-7-16(39)24-20(11)23(13)25(31(46)30(24)45)32(47)35(36)50/h1-10H. The van der Waals surface area contributed by atoms with Crippen LogP contribution >= 0.6 is 0 Å². The molecule has 0 heterocycles. The number of halogens is 13. The maximum Gasteiger partial charge on any atom is 0.864 e. The maximum atomic E-state index is 16.0. The van der Waals surface area contributed by atoms with Crippen molar-refractivity contribution >= 4 is 61.2 Å². The Morgan fingerprint density at radius 1 is 0.340 bits per heavy atom. The van der Waals surface area contributed by atoms with Gasteiger partial charge in [0.2, 0.25) is 0 Å². The first kappa shape index (κ1) is 34.0. The van der Waals surface area contributed by atoms with Gasteiger partial charge in [-0.1, -0.05) is 24.3 Å². The molecule has 0 unspecified atom stereocenters. The van der Waals surface area contributed by atoms with Gasteiger partial charge in [-0.05, 0) is 41.8 Å². The van der Waals surface area contributed by atoms with Gasteiger partial charge in [-0.2, -0.15) is 4.39 Å². The van der Waals surface area contributed by atoms with Crippen LogP contribution in [0.25, 0.3) is 53.9 Å². The molecule has 0 fully saturated rings. The van der Waals surface area contributed by atoms with Gasteiger partial charge in [0.15, 0.2) is 69.7 Å². The van der Waals surface area contributed by atoms with E-state index in [2.05, 4.69) is 0 Å². The zero-order chi connectivity index (χ0) is 37.8. The third-order valence-electron chi connectivity index (χ3n) is 8.64. The van der Waals surface area contributed by atoms with E-state index in [9.17, 15) is 35.1 Å². The Morgan fingerprint density at radius 3 is 1.68 bits per heavy atom. The minimum atomic E-state index is -2.70. The number of benzene rings is 8. The summed E-state index contributed by atoms with van der Waals surface area (Å²) >= 11 is 0. The van der Waals surface area contributed by atoms with E-state index in [4.69, 9.17) is 14.0 Å². The van der Waals surface area contributed by atoms with E-state index < -0.39 is 149 Å². The molecule has 3 nitrogen and oxygen atoms in total. The first-order chi connectivity index (χ1) is 25.2. The summed E-state index contributed by atoms with van der Waals surface area (Å²) in [6.07, 6.45) is 0. The van der Waals surface area contributed by atoms with Gasteiger partial charge in [-0.15, -0.1) is 0 Å². The molecule has 0 spiro atoms. The Labute approximate surface area is 285 Å². The van der Waals surface area contributed by atoms with Crippen LogP contribution < -0.4 is 14.0 Å². The highest BCUT2D eigenvalue weighted by atomic mass is 19.2. The maximum absolute atomic E-state index is 16.0. The highest BCUT2D eigenvalue weighted by Gasteiger charge is 2.38. The van der Waals surface area contributed by atoms with E-state index in [1.807, 2.05) is 0 Å². The lowest BCUT2D eigenvalue weighted by Gasteiger charge is -2.22. The Bertz CT molecular complexity index is 2880. The van der Waals surface area contributed by atoms with Crippen molar-refractivity contribution in [2.24, 2.45) is 0 Å². The van der Waals surface area contributed by atoms with Crippen molar-refractivity contribution in [3.63, 3.8) is 0 Å². The van der Waals surface area contributed by atoms with Gasteiger partial charge >= 0.3 is 7.32 Å². The first-order valence-corrected chi connectivity index (χ1v) is 14.8. The van der Waals surface area contributed by atoms with Gasteiger partial charge in [-0.3, -0.25) is 0 Å². The second kappa shape index (κ2) is 12.0. The molecule has 0 saturated carbocycles. The highest BCUT2D eigenvalue weighted by Crippen LogP contribution is 2.45. The molecule has 266 valence electrons. The molecule has 8 rings (SSSR count). The third-order valence-corrected chi connectivity index (χ3v) is 8.64. The molecule has 0 aliphatic heterocycles. The molecule has 0 aromatic heterocycles. The van der Waals surface area contributed by atoms with Crippen LogP contribution in [0.2, 0.25) is 0 Å². The van der Waals surface area contributed by atoms with E-state index in [0.717, 1.165) is 42.5 Å². The number of fused-ring (bicyclic) bond motifs is 2. The average molecular weight is 748 g/mol. The van der Waals surface area contributed by atoms with Crippen molar-refractivity contribution in [2.45, 2.75) is 0 Å². The van der Waals surface area contributed by atoms with Crippen LogP contribution in [0.4, 0.5) is 57.1 Å². The van der Waals surface area contributed by atoms with Gasteiger partial charge in [0.05, 0.1) is 21.5 Å². The van der Waals surface area contributed by atoms with Gasteiger partial charge in [-0.25, -0.2) is 52.7 Å². The van der Waals surface area contributed by atoms with Crippen molar-refractivity contribution < 1.29 is 71.0 Å².